The van der Waals surface area contributed by atoms with Gasteiger partial charge in [0.2, 0.25) is 11.9 Å². The van der Waals surface area contributed by atoms with Crippen LogP contribution in [-0.4, -0.2) is 42.1 Å². The van der Waals surface area contributed by atoms with Gasteiger partial charge in [0.15, 0.2) is 5.82 Å². The summed E-state index contributed by atoms with van der Waals surface area (Å²) in [6.07, 6.45) is 1.93. The van der Waals surface area contributed by atoms with Crippen LogP contribution >= 0.6 is 0 Å². The maximum atomic E-state index is 12.9. The summed E-state index contributed by atoms with van der Waals surface area (Å²) in [5.41, 5.74) is 1.43. The van der Waals surface area contributed by atoms with Crippen molar-refractivity contribution >= 4 is 23.4 Å². The largest absolute Gasteiger partial charge is 0.493 e. The van der Waals surface area contributed by atoms with E-state index in [1.807, 2.05) is 18.9 Å². The van der Waals surface area contributed by atoms with Crippen LogP contribution in [0.25, 0.3) is 0 Å². The Morgan fingerprint density at radius 3 is 2.78 bits per heavy atom. The Morgan fingerprint density at radius 1 is 1.30 bits per heavy atom. The lowest BCUT2D eigenvalue weighted by molar-refractivity contribution is -0.115. The highest BCUT2D eigenvalue weighted by molar-refractivity contribution is 6.00. The van der Waals surface area contributed by atoms with Gasteiger partial charge in [-0.05, 0) is 49.9 Å². The molecule has 1 saturated carbocycles. The number of halogens is 1. The third kappa shape index (κ3) is 3.79. The molecule has 0 bridgehead atoms. The molecule has 0 atom stereocenters. The summed E-state index contributed by atoms with van der Waals surface area (Å²) in [4.78, 5) is 22.5. The molecular weight excluding hydrogens is 349 g/mol. The van der Waals surface area contributed by atoms with Crippen LogP contribution in [0, 0.1) is 18.7 Å². The zero-order valence-corrected chi connectivity index (χ0v) is 15.3. The summed E-state index contributed by atoms with van der Waals surface area (Å²) in [5, 5.41) is 6.21. The number of rotatable bonds is 5. The van der Waals surface area contributed by atoms with Gasteiger partial charge in [0.1, 0.15) is 17.3 Å². The van der Waals surface area contributed by atoms with Crippen molar-refractivity contribution in [3.63, 3.8) is 0 Å². The predicted molar refractivity (Wildman–Crippen MR) is 101 cm³/mol. The second-order valence-electron chi connectivity index (χ2n) is 7.18. The number of fused-ring (bicyclic) bond motifs is 1. The molecular formula is C19H22FN5O2. The number of aryl methyl sites for hydroxylation is 1. The van der Waals surface area contributed by atoms with E-state index in [4.69, 9.17) is 4.74 Å². The average molecular weight is 371 g/mol. The molecule has 0 spiro atoms. The molecule has 0 saturated heterocycles. The van der Waals surface area contributed by atoms with Crippen molar-refractivity contribution in [3.8, 4) is 5.75 Å². The Morgan fingerprint density at radius 2 is 2.04 bits per heavy atom. The SMILES string of the molecule is Cc1nc(NC2CC(COc3ccc(F)cc3)C2)nc2c1NC(=O)CN2C. The summed E-state index contributed by atoms with van der Waals surface area (Å²) < 4.78 is 18.6. The van der Waals surface area contributed by atoms with Gasteiger partial charge in [-0.25, -0.2) is 9.37 Å². The summed E-state index contributed by atoms with van der Waals surface area (Å²) in [6, 6.07) is 6.38. The van der Waals surface area contributed by atoms with Gasteiger partial charge in [0.05, 0.1) is 18.8 Å². The van der Waals surface area contributed by atoms with Crippen LogP contribution in [0.15, 0.2) is 24.3 Å². The van der Waals surface area contributed by atoms with Gasteiger partial charge in [0.25, 0.3) is 0 Å². The van der Waals surface area contributed by atoms with Crippen molar-refractivity contribution in [2.24, 2.45) is 5.92 Å². The monoisotopic (exact) mass is 371 g/mol. The quantitative estimate of drug-likeness (QED) is 0.841. The first-order valence-electron chi connectivity index (χ1n) is 9.02. The molecule has 1 aromatic carbocycles. The van der Waals surface area contributed by atoms with Gasteiger partial charge in [0, 0.05) is 13.1 Å². The topological polar surface area (TPSA) is 79.4 Å². The molecule has 1 fully saturated rings. The Bertz CT molecular complexity index is 852. The van der Waals surface area contributed by atoms with Gasteiger partial charge in [-0.2, -0.15) is 4.98 Å². The van der Waals surface area contributed by atoms with Crippen LogP contribution in [0.2, 0.25) is 0 Å². The summed E-state index contributed by atoms with van der Waals surface area (Å²) in [6.45, 7) is 2.77. The Balaban J connectivity index is 1.31. The van der Waals surface area contributed by atoms with E-state index in [0.717, 1.165) is 24.4 Å². The number of hydrogen-bond donors (Lipinski definition) is 2. The van der Waals surface area contributed by atoms with Gasteiger partial charge in [-0.3, -0.25) is 4.79 Å². The smallest absolute Gasteiger partial charge is 0.244 e. The molecule has 27 heavy (non-hydrogen) atoms. The van der Waals surface area contributed by atoms with Gasteiger partial charge < -0.3 is 20.3 Å². The fourth-order valence-corrected chi connectivity index (χ4v) is 3.43. The molecule has 0 radical (unpaired) electrons. The molecule has 142 valence electrons. The molecule has 4 rings (SSSR count). The van der Waals surface area contributed by atoms with Crippen molar-refractivity contribution in [2.75, 3.05) is 35.7 Å². The molecule has 8 heteroatoms. The van der Waals surface area contributed by atoms with Crippen LogP contribution in [-0.2, 0) is 4.79 Å². The molecule has 1 aromatic heterocycles. The maximum absolute atomic E-state index is 12.9. The molecule has 7 nitrogen and oxygen atoms in total. The number of carbonyl (C=O) groups excluding carboxylic acids is 1. The normalized spacial score (nSPS) is 21.1. The number of carbonyl (C=O) groups is 1. The number of benzene rings is 1. The fraction of sp³-hybridized carbons (Fsp3) is 0.421. The minimum atomic E-state index is -0.263. The van der Waals surface area contributed by atoms with Crippen LogP contribution < -0.4 is 20.3 Å². The number of aromatic nitrogens is 2. The summed E-state index contributed by atoms with van der Waals surface area (Å²) >= 11 is 0. The van der Waals surface area contributed by atoms with Crippen LogP contribution in [0.4, 0.5) is 21.8 Å². The first kappa shape index (κ1) is 17.5. The maximum Gasteiger partial charge on any atom is 0.244 e. The second kappa shape index (κ2) is 7.02. The lowest BCUT2D eigenvalue weighted by atomic mass is 9.81. The molecule has 2 aromatic rings. The zero-order chi connectivity index (χ0) is 19.0. The molecule has 1 amide bonds. The number of hydrogen-bond acceptors (Lipinski definition) is 6. The number of nitrogens with zero attached hydrogens (tertiary/aromatic N) is 3. The first-order chi connectivity index (χ1) is 13.0. The average Bonchev–Trinajstić information content (AvgIpc) is 2.59. The molecule has 1 aliphatic heterocycles. The Hall–Kier alpha value is -2.90. The fourth-order valence-electron chi connectivity index (χ4n) is 3.43. The number of likely N-dealkylation sites (N-methyl/N-ethyl adjacent to an activating group) is 1. The van der Waals surface area contributed by atoms with Crippen molar-refractivity contribution in [1.29, 1.82) is 0 Å². The zero-order valence-electron chi connectivity index (χ0n) is 15.3. The van der Waals surface area contributed by atoms with Gasteiger partial charge >= 0.3 is 0 Å². The van der Waals surface area contributed by atoms with Gasteiger partial charge in [-0.15, -0.1) is 0 Å². The van der Waals surface area contributed by atoms with Gasteiger partial charge in [-0.1, -0.05) is 0 Å². The Kier molecular flexibility index (Phi) is 4.55. The molecule has 2 heterocycles. The Labute approximate surface area is 157 Å². The highest BCUT2D eigenvalue weighted by atomic mass is 19.1. The molecule has 0 unspecified atom stereocenters. The van der Waals surface area contributed by atoms with Crippen LogP contribution in [0.5, 0.6) is 5.75 Å². The minimum absolute atomic E-state index is 0.0552. The highest BCUT2D eigenvalue weighted by Crippen LogP contribution is 2.33. The van der Waals surface area contributed by atoms with E-state index in [0.29, 0.717) is 36.0 Å². The summed E-state index contributed by atoms with van der Waals surface area (Å²) in [7, 11) is 1.85. The van der Waals surface area contributed by atoms with E-state index < -0.39 is 0 Å². The van der Waals surface area contributed by atoms with Crippen LogP contribution in [0.1, 0.15) is 18.5 Å². The number of ether oxygens (including phenoxy) is 1. The van der Waals surface area contributed by atoms with Crippen LogP contribution in [0.3, 0.4) is 0 Å². The lowest BCUT2D eigenvalue weighted by Crippen LogP contribution is -2.40. The van der Waals surface area contributed by atoms with E-state index in [1.54, 1.807) is 12.1 Å². The van der Waals surface area contributed by atoms with E-state index in [1.165, 1.54) is 12.1 Å². The number of anilines is 3. The second-order valence-corrected chi connectivity index (χ2v) is 7.18. The van der Waals surface area contributed by atoms with E-state index in [-0.39, 0.29) is 18.3 Å². The standard InChI is InChI=1S/C19H22FN5O2/c1-11-17-18(25(2)9-16(26)23-17)24-19(21-11)22-14-7-12(8-14)10-27-15-5-3-13(20)4-6-15/h3-6,12,14H,7-10H2,1-2H3,(H,23,26)(H,21,22,24). The minimum Gasteiger partial charge on any atom is -0.493 e. The summed E-state index contributed by atoms with van der Waals surface area (Å²) in [5.74, 6) is 2.14. The molecule has 2 N–H and O–H groups in total. The third-order valence-corrected chi connectivity index (χ3v) is 4.95. The van der Waals surface area contributed by atoms with Crippen molar-refractivity contribution in [3.05, 3.63) is 35.8 Å². The third-order valence-electron chi connectivity index (χ3n) is 4.95. The van der Waals surface area contributed by atoms with Crippen molar-refractivity contribution in [2.45, 2.75) is 25.8 Å². The van der Waals surface area contributed by atoms with E-state index in [2.05, 4.69) is 20.6 Å². The molecule has 1 aliphatic carbocycles. The van der Waals surface area contributed by atoms with E-state index >= 15 is 0 Å². The lowest BCUT2D eigenvalue weighted by Gasteiger charge is -2.36. The number of amides is 1. The van der Waals surface area contributed by atoms with Crippen molar-refractivity contribution < 1.29 is 13.9 Å². The predicted octanol–water partition coefficient (Wildman–Crippen LogP) is 2.58. The number of nitrogens with one attached hydrogen (secondary N) is 2. The highest BCUT2D eigenvalue weighted by Gasteiger charge is 2.31. The van der Waals surface area contributed by atoms with Crippen molar-refractivity contribution in [1.82, 2.24) is 9.97 Å². The first-order valence-corrected chi connectivity index (χ1v) is 9.02. The molecule has 2 aliphatic rings. The van der Waals surface area contributed by atoms with E-state index in [9.17, 15) is 9.18 Å².